The van der Waals surface area contributed by atoms with Crippen molar-refractivity contribution in [1.82, 2.24) is 0 Å². The van der Waals surface area contributed by atoms with Crippen LogP contribution < -0.4 is 20.5 Å². The predicted octanol–water partition coefficient (Wildman–Crippen LogP) is 4.53. The fraction of sp³-hybridized carbons (Fsp3) is 0.188. The Morgan fingerprint density at radius 1 is 1.24 bits per heavy atom. The molecule has 2 aromatic carbocycles. The lowest BCUT2D eigenvalue weighted by atomic mass is 10.2. The number of benzene rings is 2. The molecule has 0 aliphatic rings. The van der Waals surface area contributed by atoms with Gasteiger partial charge in [0, 0.05) is 16.3 Å². The zero-order chi connectivity index (χ0) is 18.4. The number of halogens is 4. The number of nitrogens with one attached hydrogen (secondary N) is 1. The van der Waals surface area contributed by atoms with Crippen LogP contribution >= 0.6 is 23.2 Å². The van der Waals surface area contributed by atoms with Crippen LogP contribution in [0.3, 0.4) is 0 Å². The molecule has 0 aromatic heterocycles. The van der Waals surface area contributed by atoms with E-state index in [0.29, 0.717) is 11.4 Å². The first kappa shape index (κ1) is 19.1. The molecule has 9 heteroatoms. The predicted molar refractivity (Wildman–Crippen MR) is 95.0 cm³/mol. The molecule has 25 heavy (non-hydrogen) atoms. The molecule has 0 bridgehead atoms. The van der Waals surface area contributed by atoms with Crippen molar-refractivity contribution in [2.75, 3.05) is 12.4 Å². The second-order valence-corrected chi connectivity index (χ2v) is 5.65. The Bertz CT molecular complexity index is 756. The lowest BCUT2D eigenvalue weighted by Crippen LogP contribution is -2.22. The summed E-state index contributed by atoms with van der Waals surface area (Å²) in [7, 11) is 1.56. The van der Waals surface area contributed by atoms with Gasteiger partial charge in [0.25, 0.3) is 0 Å². The lowest BCUT2D eigenvalue weighted by molar-refractivity contribution is -0.0503. The van der Waals surface area contributed by atoms with Crippen molar-refractivity contribution in [3.8, 4) is 11.5 Å². The Kier molecular flexibility index (Phi) is 6.66. The quantitative estimate of drug-likeness (QED) is 0.562. The highest BCUT2D eigenvalue weighted by atomic mass is 35.5. The van der Waals surface area contributed by atoms with E-state index in [9.17, 15) is 8.78 Å². The Labute approximate surface area is 153 Å². The Balaban J connectivity index is 2.13. The first-order valence-corrected chi connectivity index (χ1v) is 7.78. The third-order valence-corrected chi connectivity index (χ3v) is 3.57. The summed E-state index contributed by atoms with van der Waals surface area (Å²) in [6.07, 6.45) is 0. The number of anilines is 1. The van der Waals surface area contributed by atoms with Crippen LogP contribution in [0.2, 0.25) is 10.0 Å². The Morgan fingerprint density at radius 2 is 1.92 bits per heavy atom. The number of nitrogens with zero attached hydrogens (tertiary/aromatic N) is 1. The molecule has 0 radical (unpaired) electrons. The summed E-state index contributed by atoms with van der Waals surface area (Å²) in [6.45, 7) is -3.06. The molecule has 134 valence electrons. The normalized spacial score (nSPS) is 11.5. The highest BCUT2D eigenvalue weighted by Gasteiger charge is 2.15. The van der Waals surface area contributed by atoms with E-state index in [1.54, 1.807) is 31.4 Å². The summed E-state index contributed by atoms with van der Waals surface area (Å²) in [6, 6.07) is 9.76. The standard InChI is InChI=1S/C16H15Cl2F2N3O2/c1-24-12-4-2-11(3-5-12)23-16(21)22-8-9-6-10(17)7-13(18)14(9)25-15(19)20/h2-7,15H,8H2,1H3,(H3,21,22,23). The zero-order valence-corrected chi connectivity index (χ0v) is 14.6. The fourth-order valence-corrected chi connectivity index (χ4v) is 2.56. The van der Waals surface area contributed by atoms with Gasteiger partial charge < -0.3 is 20.5 Å². The third-order valence-electron chi connectivity index (χ3n) is 3.07. The molecule has 0 amide bonds. The average Bonchev–Trinajstić information content (AvgIpc) is 2.56. The van der Waals surface area contributed by atoms with Crippen molar-refractivity contribution in [3.05, 3.63) is 52.0 Å². The number of guanidine groups is 1. The van der Waals surface area contributed by atoms with E-state index < -0.39 is 6.61 Å². The maximum atomic E-state index is 12.5. The van der Waals surface area contributed by atoms with E-state index in [1.807, 2.05) is 0 Å². The first-order chi connectivity index (χ1) is 11.9. The fourth-order valence-electron chi connectivity index (χ4n) is 1.98. The van der Waals surface area contributed by atoms with Gasteiger partial charge in [-0.3, -0.25) is 0 Å². The van der Waals surface area contributed by atoms with Crippen molar-refractivity contribution < 1.29 is 18.3 Å². The van der Waals surface area contributed by atoms with Gasteiger partial charge in [-0.25, -0.2) is 4.99 Å². The van der Waals surface area contributed by atoms with E-state index >= 15 is 0 Å². The second-order valence-electron chi connectivity index (χ2n) is 4.81. The number of ether oxygens (including phenoxy) is 2. The molecule has 2 aromatic rings. The number of methoxy groups -OCH3 is 1. The van der Waals surface area contributed by atoms with Gasteiger partial charge in [0.2, 0.25) is 0 Å². The van der Waals surface area contributed by atoms with Gasteiger partial charge >= 0.3 is 6.61 Å². The summed E-state index contributed by atoms with van der Waals surface area (Å²) < 4.78 is 34.6. The van der Waals surface area contributed by atoms with Gasteiger partial charge in [-0.2, -0.15) is 8.78 Å². The van der Waals surface area contributed by atoms with E-state index in [1.165, 1.54) is 12.1 Å². The van der Waals surface area contributed by atoms with E-state index in [4.69, 9.17) is 33.7 Å². The SMILES string of the molecule is COc1ccc(NC(N)=NCc2cc(Cl)cc(Cl)c2OC(F)F)cc1. The molecule has 0 fully saturated rings. The molecule has 0 saturated carbocycles. The number of alkyl halides is 2. The number of rotatable bonds is 6. The maximum Gasteiger partial charge on any atom is 0.387 e. The molecule has 0 unspecified atom stereocenters. The molecule has 0 saturated heterocycles. The van der Waals surface area contributed by atoms with Crippen LogP contribution in [0.25, 0.3) is 0 Å². The van der Waals surface area contributed by atoms with Crippen molar-refractivity contribution >= 4 is 34.8 Å². The van der Waals surface area contributed by atoms with Crippen LogP contribution in [0, 0.1) is 0 Å². The molecular weight excluding hydrogens is 375 g/mol. The molecule has 0 spiro atoms. The van der Waals surface area contributed by atoms with Crippen molar-refractivity contribution in [3.63, 3.8) is 0 Å². The minimum Gasteiger partial charge on any atom is -0.497 e. The van der Waals surface area contributed by atoms with Crippen molar-refractivity contribution in [2.45, 2.75) is 13.2 Å². The molecule has 0 aliphatic carbocycles. The Hall–Kier alpha value is -2.25. The highest BCUT2D eigenvalue weighted by Crippen LogP contribution is 2.34. The second kappa shape index (κ2) is 8.73. The van der Waals surface area contributed by atoms with Crippen molar-refractivity contribution in [1.29, 1.82) is 0 Å². The summed E-state index contributed by atoms with van der Waals surface area (Å²) in [4.78, 5) is 4.09. The third kappa shape index (κ3) is 5.65. The largest absolute Gasteiger partial charge is 0.497 e. The minimum atomic E-state index is -3.02. The van der Waals surface area contributed by atoms with E-state index in [2.05, 4.69) is 15.0 Å². The van der Waals surface area contributed by atoms with Crippen LogP contribution in [-0.4, -0.2) is 19.7 Å². The zero-order valence-electron chi connectivity index (χ0n) is 13.1. The number of nitrogens with two attached hydrogens (primary N) is 1. The van der Waals surface area contributed by atoms with E-state index in [-0.39, 0.29) is 33.9 Å². The number of hydrogen-bond acceptors (Lipinski definition) is 3. The smallest absolute Gasteiger partial charge is 0.387 e. The van der Waals surface area contributed by atoms with Gasteiger partial charge in [-0.05, 0) is 36.4 Å². The molecule has 0 atom stereocenters. The maximum absolute atomic E-state index is 12.5. The summed E-state index contributed by atoms with van der Waals surface area (Å²) in [5, 5.41) is 3.12. The van der Waals surface area contributed by atoms with Gasteiger partial charge in [0.05, 0.1) is 18.7 Å². The molecular formula is C16H15Cl2F2N3O2. The highest BCUT2D eigenvalue weighted by molar-refractivity contribution is 6.35. The van der Waals surface area contributed by atoms with Crippen molar-refractivity contribution in [2.24, 2.45) is 10.7 Å². The van der Waals surface area contributed by atoms with Gasteiger partial charge in [-0.1, -0.05) is 23.2 Å². The van der Waals surface area contributed by atoms with Crippen LogP contribution in [0.15, 0.2) is 41.4 Å². The van der Waals surface area contributed by atoms with E-state index in [0.717, 1.165) is 0 Å². The first-order valence-electron chi connectivity index (χ1n) is 7.02. The summed E-state index contributed by atoms with van der Waals surface area (Å²) in [5.74, 6) is 0.606. The van der Waals surface area contributed by atoms with Crippen LogP contribution in [0.5, 0.6) is 11.5 Å². The van der Waals surface area contributed by atoms with Gasteiger partial charge in [0.1, 0.15) is 11.5 Å². The molecule has 3 N–H and O–H groups in total. The average molecular weight is 390 g/mol. The van der Waals surface area contributed by atoms with Gasteiger partial charge in [0.15, 0.2) is 5.96 Å². The molecule has 0 heterocycles. The van der Waals surface area contributed by atoms with Crippen LogP contribution in [0.1, 0.15) is 5.56 Å². The topological polar surface area (TPSA) is 68.9 Å². The Morgan fingerprint density at radius 3 is 2.52 bits per heavy atom. The monoisotopic (exact) mass is 389 g/mol. The summed E-state index contributed by atoms with van der Waals surface area (Å²) in [5.41, 5.74) is 6.78. The number of aliphatic imine (C=N–C) groups is 1. The number of hydrogen-bond donors (Lipinski definition) is 2. The molecule has 0 aliphatic heterocycles. The minimum absolute atomic E-state index is 0.0281. The van der Waals surface area contributed by atoms with Crippen LogP contribution in [-0.2, 0) is 6.54 Å². The van der Waals surface area contributed by atoms with Crippen LogP contribution in [0.4, 0.5) is 14.5 Å². The summed E-state index contributed by atoms with van der Waals surface area (Å²) >= 11 is 11.8. The van der Waals surface area contributed by atoms with Gasteiger partial charge in [-0.15, -0.1) is 0 Å². The lowest BCUT2D eigenvalue weighted by Gasteiger charge is -2.12. The molecule has 5 nitrogen and oxygen atoms in total. The molecule has 2 rings (SSSR count).